The molecule has 0 aliphatic carbocycles. The molecular formula is C28H52N2O5S. The molecule has 2 aliphatic heterocycles. The number of rotatable bonds is 24. The van der Waals surface area contributed by atoms with Crippen molar-refractivity contribution in [3.63, 3.8) is 0 Å². The highest BCUT2D eigenvalue weighted by atomic mass is 32.2. The van der Waals surface area contributed by atoms with Crippen molar-refractivity contribution in [2.75, 3.05) is 45.4 Å². The minimum atomic E-state index is -0.0317. The van der Waals surface area contributed by atoms with Crippen LogP contribution in [-0.2, 0) is 19.0 Å². The molecule has 210 valence electrons. The summed E-state index contributed by atoms with van der Waals surface area (Å²) in [6.45, 7) is 8.58. The Bertz CT molecular complexity index is 592. The summed E-state index contributed by atoms with van der Waals surface area (Å²) >= 11 is 1.94. The van der Waals surface area contributed by atoms with Crippen molar-refractivity contribution in [3.05, 3.63) is 0 Å². The van der Waals surface area contributed by atoms with Crippen molar-refractivity contribution < 1.29 is 23.8 Å². The van der Waals surface area contributed by atoms with E-state index in [-0.39, 0.29) is 18.1 Å². The number of amides is 2. The number of Topliss-reactive ketones (excluding diaryl/α,β-unsaturated/α-hetero) is 1. The van der Waals surface area contributed by atoms with Crippen LogP contribution < -0.4 is 10.6 Å². The summed E-state index contributed by atoms with van der Waals surface area (Å²) in [6.07, 6.45) is 14.0. The summed E-state index contributed by atoms with van der Waals surface area (Å²) in [5, 5.41) is 6.49. The highest BCUT2D eigenvalue weighted by Crippen LogP contribution is 2.33. The second kappa shape index (κ2) is 20.2. The molecule has 0 spiro atoms. The number of carbonyl (C=O) groups excluding carboxylic acids is 2. The lowest BCUT2D eigenvalue weighted by atomic mass is 10.0. The Morgan fingerprint density at radius 2 is 1.39 bits per heavy atom. The van der Waals surface area contributed by atoms with Gasteiger partial charge in [-0.15, -0.1) is 0 Å². The van der Waals surface area contributed by atoms with Gasteiger partial charge in [0.2, 0.25) is 0 Å². The monoisotopic (exact) mass is 528 g/mol. The topological polar surface area (TPSA) is 85.9 Å². The highest BCUT2D eigenvalue weighted by Gasteiger charge is 2.42. The van der Waals surface area contributed by atoms with Gasteiger partial charge in [-0.1, -0.05) is 52.4 Å². The number of hydrogen-bond donors (Lipinski definition) is 2. The van der Waals surface area contributed by atoms with Crippen molar-refractivity contribution in [2.45, 2.75) is 115 Å². The molecule has 3 atom stereocenters. The maximum Gasteiger partial charge on any atom is 0.315 e. The molecule has 36 heavy (non-hydrogen) atoms. The summed E-state index contributed by atoms with van der Waals surface area (Å²) in [6, 6.07) is 0.516. The van der Waals surface area contributed by atoms with Crippen LogP contribution in [0, 0.1) is 5.92 Å². The molecule has 0 aromatic rings. The summed E-state index contributed by atoms with van der Waals surface area (Å²) in [4.78, 5) is 23.5. The van der Waals surface area contributed by atoms with E-state index in [4.69, 9.17) is 14.2 Å². The molecule has 1 unspecified atom stereocenters. The molecule has 8 heteroatoms. The van der Waals surface area contributed by atoms with Gasteiger partial charge < -0.3 is 24.8 Å². The third-order valence-corrected chi connectivity index (χ3v) is 8.45. The maximum atomic E-state index is 12.1. The van der Waals surface area contributed by atoms with Gasteiger partial charge in [-0.3, -0.25) is 4.79 Å². The Morgan fingerprint density at radius 1 is 0.806 bits per heavy atom. The number of carbonyl (C=O) groups is 2. The molecule has 2 N–H and O–H groups in total. The predicted molar refractivity (Wildman–Crippen MR) is 148 cm³/mol. The minimum Gasteiger partial charge on any atom is -0.379 e. The molecule has 2 saturated heterocycles. The maximum absolute atomic E-state index is 12.1. The average Bonchev–Trinajstić information content (AvgIpc) is 3.40. The van der Waals surface area contributed by atoms with E-state index in [9.17, 15) is 9.59 Å². The van der Waals surface area contributed by atoms with Gasteiger partial charge in [-0.2, -0.15) is 11.8 Å². The largest absolute Gasteiger partial charge is 0.379 e. The van der Waals surface area contributed by atoms with Gasteiger partial charge in [-0.25, -0.2) is 4.79 Å². The van der Waals surface area contributed by atoms with Crippen LogP contribution in [0.1, 0.15) is 97.3 Å². The van der Waals surface area contributed by atoms with E-state index in [1.807, 2.05) is 11.8 Å². The van der Waals surface area contributed by atoms with Crippen molar-refractivity contribution in [1.82, 2.24) is 10.6 Å². The Morgan fingerprint density at radius 3 is 2.08 bits per heavy atom. The fourth-order valence-corrected chi connectivity index (χ4v) is 6.33. The van der Waals surface area contributed by atoms with Crippen LogP contribution in [0.3, 0.4) is 0 Å². The Hall–Kier alpha value is -0.830. The molecule has 2 rings (SSSR count). The average molecular weight is 529 g/mol. The first-order valence-electron chi connectivity index (χ1n) is 14.5. The normalized spacial score (nSPS) is 21.1. The Labute approximate surface area is 223 Å². The third-order valence-electron chi connectivity index (χ3n) is 6.94. The molecular weight excluding hydrogens is 476 g/mol. The number of nitrogens with one attached hydrogen (secondary N) is 2. The molecule has 0 radical (unpaired) electrons. The molecule has 0 bridgehead atoms. The van der Waals surface area contributed by atoms with Crippen LogP contribution in [0.4, 0.5) is 4.79 Å². The van der Waals surface area contributed by atoms with Crippen LogP contribution >= 0.6 is 11.8 Å². The third kappa shape index (κ3) is 14.8. The van der Waals surface area contributed by atoms with Gasteiger partial charge in [0, 0.05) is 37.1 Å². The Kier molecular flexibility index (Phi) is 17.6. The first-order chi connectivity index (χ1) is 17.6. The zero-order valence-electron chi connectivity index (χ0n) is 22.9. The van der Waals surface area contributed by atoms with Gasteiger partial charge in [0.25, 0.3) is 0 Å². The molecule has 0 aromatic heterocycles. The number of ether oxygens (including phenoxy) is 3. The molecule has 2 fully saturated rings. The van der Waals surface area contributed by atoms with Crippen molar-refractivity contribution in [1.29, 1.82) is 0 Å². The van der Waals surface area contributed by atoms with Gasteiger partial charge in [0.1, 0.15) is 5.78 Å². The van der Waals surface area contributed by atoms with Gasteiger partial charge in [0.15, 0.2) is 0 Å². The van der Waals surface area contributed by atoms with Gasteiger partial charge >= 0.3 is 6.03 Å². The lowest BCUT2D eigenvalue weighted by Crippen LogP contribution is -2.36. The summed E-state index contributed by atoms with van der Waals surface area (Å²) in [5.41, 5.74) is 0. The van der Waals surface area contributed by atoms with E-state index >= 15 is 0 Å². The highest BCUT2D eigenvalue weighted by molar-refractivity contribution is 8.00. The second-order valence-electron chi connectivity index (χ2n) is 10.7. The smallest absolute Gasteiger partial charge is 0.315 e. The standard InChI is InChI=1S/C28H52N2O5S/c1-23(2)12-6-4-3-5-10-16-33-18-20-35-21-19-34-17-11-9-14-24(31)13-7-8-15-26-27-25(22-36-26)29-28(32)30-27/h23,25-27H,3-22H2,1-2H3,(H2,29,30,32)/t25-,26?,27-/m0/s1. The SMILES string of the molecule is CC(C)CCCCCCCOCCOCCOCCCCC(=O)CCCCC1SC[C@@H]2NC(=O)N[C@H]12. The van der Waals surface area contributed by atoms with Crippen LogP contribution in [-0.4, -0.2) is 74.5 Å². The minimum absolute atomic E-state index is 0.0317. The summed E-state index contributed by atoms with van der Waals surface area (Å²) in [7, 11) is 0. The molecule has 2 amide bonds. The van der Waals surface area contributed by atoms with E-state index in [2.05, 4.69) is 24.5 Å². The number of urea groups is 1. The van der Waals surface area contributed by atoms with E-state index < -0.39 is 0 Å². The van der Waals surface area contributed by atoms with Crippen LogP contribution in [0.15, 0.2) is 0 Å². The number of ketones is 1. The number of unbranched alkanes of at least 4 members (excludes halogenated alkanes) is 6. The van der Waals surface area contributed by atoms with Crippen molar-refractivity contribution in [3.8, 4) is 0 Å². The van der Waals surface area contributed by atoms with Crippen molar-refractivity contribution in [2.24, 2.45) is 5.92 Å². The van der Waals surface area contributed by atoms with Gasteiger partial charge in [-0.05, 0) is 38.0 Å². The predicted octanol–water partition coefficient (Wildman–Crippen LogP) is 5.50. The molecule has 2 heterocycles. The fraction of sp³-hybridized carbons (Fsp3) is 0.929. The molecule has 2 aliphatic rings. The zero-order chi connectivity index (χ0) is 25.8. The van der Waals surface area contributed by atoms with E-state index in [0.717, 1.165) is 56.8 Å². The van der Waals surface area contributed by atoms with E-state index in [0.29, 0.717) is 56.9 Å². The van der Waals surface area contributed by atoms with E-state index in [1.54, 1.807) is 0 Å². The summed E-state index contributed by atoms with van der Waals surface area (Å²) < 4.78 is 16.8. The first-order valence-corrected chi connectivity index (χ1v) is 15.5. The van der Waals surface area contributed by atoms with Gasteiger partial charge in [0.05, 0.1) is 38.5 Å². The number of hydrogen-bond acceptors (Lipinski definition) is 6. The van der Waals surface area contributed by atoms with Crippen LogP contribution in [0.5, 0.6) is 0 Å². The summed E-state index contributed by atoms with van der Waals surface area (Å²) in [5.74, 6) is 2.18. The van der Waals surface area contributed by atoms with Crippen LogP contribution in [0.2, 0.25) is 0 Å². The number of fused-ring (bicyclic) bond motifs is 1. The van der Waals surface area contributed by atoms with Crippen molar-refractivity contribution >= 4 is 23.6 Å². The first kappa shape index (κ1) is 31.4. The lowest BCUT2D eigenvalue weighted by molar-refractivity contribution is -0.119. The molecule has 0 aromatic carbocycles. The number of thioether (sulfide) groups is 1. The zero-order valence-corrected chi connectivity index (χ0v) is 23.7. The lowest BCUT2D eigenvalue weighted by Gasteiger charge is -2.16. The molecule has 7 nitrogen and oxygen atoms in total. The quantitative estimate of drug-likeness (QED) is 0.127. The Balaban J connectivity index is 1.24. The molecule has 0 saturated carbocycles. The van der Waals surface area contributed by atoms with Crippen LogP contribution in [0.25, 0.3) is 0 Å². The van der Waals surface area contributed by atoms with E-state index in [1.165, 1.54) is 32.1 Å². The fourth-order valence-electron chi connectivity index (χ4n) is 4.79. The second-order valence-corrected chi connectivity index (χ2v) is 11.9.